The van der Waals surface area contributed by atoms with E-state index >= 15 is 0 Å². The van der Waals surface area contributed by atoms with Crippen molar-refractivity contribution >= 4 is 41.0 Å². The lowest BCUT2D eigenvalue weighted by Crippen LogP contribution is -2.11. The van der Waals surface area contributed by atoms with Gasteiger partial charge in [0.25, 0.3) is 0 Å². The molecular weight excluding hydrogens is 416 g/mol. The zero-order valence-electron chi connectivity index (χ0n) is 14.6. The molecular formula is C20H13Cl2F3O3. The van der Waals surface area contributed by atoms with Crippen LogP contribution in [0.1, 0.15) is 55.8 Å². The molecule has 0 radical (unpaired) electrons. The highest BCUT2D eigenvalue weighted by molar-refractivity contribution is 6.43. The minimum atomic E-state index is -4.51. The molecule has 0 saturated heterocycles. The molecule has 0 saturated carbocycles. The predicted molar refractivity (Wildman–Crippen MR) is 100 cm³/mol. The molecule has 2 aromatic rings. The van der Waals surface area contributed by atoms with Crippen LogP contribution in [-0.4, -0.2) is 16.9 Å². The van der Waals surface area contributed by atoms with E-state index in [4.69, 9.17) is 23.2 Å². The molecule has 3 nitrogen and oxygen atoms in total. The van der Waals surface area contributed by atoms with E-state index in [9.17, 15) is 27.9 Å². The standard InChI is InChI=1S/C20H13Cl2F3O3/c1-8-5-10(20(23,24)25)6-13-9(2)14(7-12(8)13)18(26)16-15(21)4-3-11(17(16)22)19(27)28/h3-7,9H,1-2H3,(H,27,28). The van der Waals surface area contributed by atoms with Crippen LogP contribution in [0.25, 0.3) is 6.08 Å². The normalized spacial score (nSPS) is 16.0. The average molecular weight is 429 g/mol. The molecule has 0 amide bonds. The SMILES string of the molecule is Cc1cc(C(F)(F)F)cc2c1C=C(C(=O)c1c(Cl)ccc(C(=O)O)c1Cl)C2C. The Morgan fingerprint density at radius 3 is 2.36 bits per heavy atom. The van der Waals surface area contributed by atoms with Gasteiger partial charge in [0.2, 0.25) is 0 Å². The number of carboxylic acids is 1. The molecule has 1 N–H and O–H groups in total. The first-order valence-corrected chi connectivity index (χ1v) is 8.88. The van der Waals surface area contributed by atoms with E-state index in [1.165, 1.54) is 25.1 Å². The Kier molecular flexibility index (Phi) is 5.06. The second-order valence-corrected chi connectivity index (χ2v) is 7.32. The minimum absolute atomic E-state index is 0.0308. The second-order valence-electron chi connectivity index (χ2n) is 6.53. The molecule has 1 aliphatic carbocycles. The van der Waals surface area contributed by atoms with Crippen molar-refractivity contribution in [3.05, 3.63) is 73.3 Å². The van der Waals surface area contributed by atoms with E-state index < -0.39 is 29.4 Å². The van der Waals surface area contributed by atoms with Gasteiger partial charge in [-0.1, -0.05) is 30.1 Å². The lowest BCUT2D eigenvalue weighted by atomic mass is 9.90. The van der Waals surface area contributed by atoms with Crippen LogP contribution in [-0.2, 0) is 6.18 Å². The van der Waals surface area contributed by atoms with Crippen LogP contribution in [0.4, 0.5) is 13.2 Å². The Balaban J connectivity index is 2.11. The highest BCUT2D eigenvalue weighted by Gasteiger charge is 2.36. The molecule has 0 heterocycles. The van der Waals surface area contributed by atoms with Gasteiger partial charge in [-0.25, -0.2) is 4.79 Å². The highest BCUT2D eigenvalue weighted by atomic mass is 35.5. The smallest absolute Gasteiger partial charge is 0.416 e. The molecule has 146 valence electrons. The number of hydrogen-bond acceptors (Lipinski definition) is 2. The Hall–Kier alpha value is -2.31. The van der Waals surface area contributed by atoms with Crippen LogP contribution >= 0.6 is 23.2 Å². The third-order valence-electron chi connectivity index (χ3n) is 4.79. The van der Waals surface area contributed by atoms with E-state index in [-0.39, 0.29) is 26.7 Å². The second kappa shape index (κ2) is 6.94. The molecule has 0 bridgehead atoms. The van der Waals surface area contributed by atoms with Crippen molar-refractivity contribution in [1.82, 2.24) is 0 Å². The fourth-order valence-electron chi connectivity index (χ4n) is 3.33. The first-order chi connectivity index (χ1) is 12.9. The summed E-state index contributed by atoms with van der Waals surface area (Å²) in [6.07, 6.45) is -2.99. The van der Waals surface area contributed by atoms with Gasteiger partial charge in [-0.15, -0.1) is 0 Å². The molecule has 2 aromatic carbocycles. The zero-order valence-corrected chi connectivity index (χ0v) is 16.1. The average Bonchev–Trinajstić information content (AvgIpc) is 2.91. The van der Waals surface area contributed by atoms with E-state index in [0.29, 0.717) is 16.7 Å². The van der Waals surface area contributed by atoms with E-state index in [0.717, 1.165) is 12.1 Å². The molecule has 1 aliphatic rings. The monoisotopic (exact) mass is 428 g/mol. The molecule has 3 rings (SSSR count). The Bertz CT molecular complexity index is 1060. The molecule has 1 atom stereocenters. The minimum Gasteiger partial charge on any atom is -0.478 e. The van der Waals surface area contributed by atoms with Crippen LogP contribution < -0.4 is 0 Å². The van der Waals surface area contributed by atoms with Gasteiger partial charge in [0.15, 0.2) is 5.78 Å². The number of halogens is 5. The van der Waals surface area contributed by atoms with E-state index in [2.05, 4.69) is 0 Å². The van der Waals surface area contributed by atoms with Crippen LogP contribution in [0.3, 0.4) is 0 Å². The summed E-state index contributed by atoms with van der Waals surface area (Å²) in [5.41, 5.74) is 0.237. The fraction of sp³-hybridized carbons (Fsp3) is 0.200. The number of Topliss-reactive ketones (excluding diaryl/α,β-unsaturated/α-hetero) is 1. The topological polar surface area (TPSA) is 54.4 Å². The number of aryl methyl sites for hydroxylation is 1. The van der Waals surface area contributed by atoms with E-state index in [1.54, 1.807) is 6.92 Å². The lowest BCUT2D eigenvalue weighted by molar-refractivity contribution is -0.137. The van der Waals surface area contributed by atoms with Crippen molar-refractivity contribution in [1.29, 1.82) is 0 Å². The van der Waals surface area contributed by atoms with Crippen LogP contribution in [0.15, 0.2) is 29.8 Å². The van der Waals surface area contributed by atoms with Crippen molar-refractivity contribution in [2.24, 2.45) is 0 Å². The predicted octanol–water partition coefficient (Wildman–Crippen LogP) is 6.40. The van der Waals surface area contributed by atoms with Gasteiger partial charge >= 0.3 is 12.1 Å². The highest BCUT2D eigenvalue weighted by Crippen LogP contribution is 2.43. The van der Waals surface area contributed by atoms with Gasteiger partial charge in [-0.05, 0) is 54.0 Å². The number of alkyl halides is 3. The number of hydrogen-bond donors (Lipinski definition) is 1. The maximum absolute atomic E-state index is 13.1. The van der Waals surface area contributed by atoms with Crippen LogP contribution in [0.2, 0.25) is 10.0 Å². The molecule has 1 unspecified atom stereocenters. The molecule has 0 aromatic heterocycles. The Morgan fingerprint density at radius 1 is 1.14 bits per heavy atom. The van der Waals surface area contributed by atoms with Crippen molar-refractivity contribution in [2.75, 3.05) is 0 Å². The summed E-state index contributed by atoms with van der Waals surface area (Å²) in [4.78, 5) is 24.4. The largest absolute Gasteiger partial charge is 0.478 e. The van der Waals surface area contributed by atoms with Gasteiger partial charge in [0.1, 0.15) is 0 Å². The Morgan fingerprint density at radius 2 is 1.79 bits per heavy atom. The van der Waals surface area contributed by atoms with Crippen molar-refractivity contribution < 1.29 is 27.9 Å². The molecule has 0 fully saturated rings. The van der Waals surface area contributed by atoms with Crippen molar-refractivity contribution in [3.8, 4) is 0 Å². The first-order valence-electron chi connectivity index (χ1n) is 8.12. The quantitative estimate of drug-likeness (QED) is 0.575. The van der Waals surface area contributed by atoms with Gasteiger partial charge in [-0.2, -0.15) is 13.2 Å². The number of fused-ring (bicyclic) bond motifs is 1. The van der Waals surface area contributed by atoms with Gasteiger partial charge in [0, 0.05) is 11.5 Å². The van der Waals surface area contributed by atoms with Crippen LogP contribution in [0, 0.1) is 6.92 Å². The van der Waals surface area contributed by atoms with Crippen LogP contribution in [0.5, 0.6) is 0 Å². The lowest BCUT2D eigenvalue weighted by Gasteiger charge is -2.15. The molecule has 0 aliphatic heterocycles. The summed E-state index contributed by atoms with van der Waals surface area (Å²) < 4.78 is 39.4. The fourth-order valence-corrected chi connectivity index (χ4v) is 3.95. The molecule has 8 heteroatoms. The number of carboxylic acid groups (broad SMARTS) is 1. The maximum atomic E-state index is 13.1. The summed E-state index contributed by atoms with van der Waals surface area (Å²) in [6, 6.07) is 4.50. The number of ketones is 1. The summed E-state index contributed by atoms with van der Waals surface area (Å²) in [6.45, 7) is 3.15. The summed E-state index contributed by atoms with van der Waals surface area (Å²) in [7, 11) is 0. The number of benzene rings is 2. The summed E-state index contributed by atoms with van der Waals surface area (Å²) >= 11 is 12.2. The number of allylic oxidation sites excluding steroid dienone is 1. The number of aromatic carboxylic acids is 1. The number of carbonyl (C=O) groups excluding carboxylic acids is 1. The number of carbonyl (C=O) groups is 2. The molecule has 0 spiro atoms. The van der Waals surface area contributed by atoms with E-state index in [1.807, 2.05) is 0 Å². The van der Waals surface area contributed by atoms with Crippen molar-refractivity contribution in [2.45, 2.75) is 25.9 Å². The Labute approximate surface area is 168 Å². The third-order valence-corrected chi connectivity index (χ3v) is 5.50. The molecule has 28 heavy (non-hydrogen) atoms. The summed E-state index contributed by atoms with van der Waals surface area (Å²) in [5.74, 6) is -2.57. The van der Waals surface area contributed by atoms with Gasteiger partial charge < -0.3 is 5.11 Å². The van der Waals surface area contributed by atoms with Gasteiger partial charge in [-0.3, -0.25) is 4.79 Å². The maximum Gasteiger partial charge on any atom is 0.416 e. The summed E-state index contributed by atoms with van der Waals surface area (Å²) in [5, 5.41) is 8.87. The zero-order chi connectivity index (χ0) is 21.0. The first kappa shape index (κ1) is 20.4. The third kappa shape index (κ3) is 3.31. The van der Waals surface area contributed by atoms with Gasteiger partial charge in [0.05, 0.1) is 26.7 Å². The van der Waals surface area contributed by atoms with Crippen molar-refractivity contribution in [3.63, 3.8) is 0 Å². The number of rotatable bonds is 3.